The number of anilines is 1. The zero-order valence-electron chi connectivity index (χ0n) is 23.5. The molecule has 0 bridgehead atoms. The molecule has 40 heavy (non-hydrogen) atoms. The first-order chi connectivity index (χ1) is 18.4. The SMILES string of the molecule is CCCN1C(=O)C2N(N(CC)CCO)C(Cc3ccccc3)=NC2(CC)N(CCc2ccc(N)cc2)C1=O.Cl.Cl. The molecule has 1 saturated heterocycles. The van der Waals surface area contributed by atoms with Crippen molar-refractivity contribution in [2.75, 3.05) is 38.5 Å². The van der Waals surface area contributed by atoms with Gasteiger partial charge in [0.1, 0.15) is 5.84 Å². The Kier molecular flexibility index (Phi) is 12.2. The van der Waals surface area contributed by atoms with E-state index in [9.17, 15) is 14.7 Å². The van der Waals surface area contributed by atoms with Crippen LogP contribution in [0.3, 0.4) is 0 Å². The van der Waals surface area contributed by atoms with E-state index in [0.29, 0.717) is 57.5 Å². The van der Waals surface area contributed by atoms with Crippen molar-refractivity contribution in [3.8, 4) is 0 Å². The number of hydrogen-bond acceptors (Lipinski definition) is 7. The fourth-order valence-corrected chi connectivity index (χ4v) is 5.61. The zero-order chi connectivity index (χ0) is 27.3. The zero-order valence-corrected chi connectivity index (χ0v) is 25.2. The Balaban J connectivity index is 0.00000280. The Morgan fingerprint density at radius 2 is 1.65 bits per heavy atom. The molecule has 0 aliphatic carbocycles. The number of nitrogens with zero attached hydrogens (tertiary/aromatic N) is 5. The van der Waals surface area contributed by atoms with Crippen LogP contribution < -0.4 is 5.73 Å². The van der Waals surface area contributed by atoms with Crippen molar-refractivity contribution in [2.24, 2.45) is 4.99 Å². The number of aliphatic hydroxyl groups excluding tert-OH is 1. The molecule has 2 aromatic carbocycles. The second-order valence-corrected chi connectivity index (χ2v) is 9.86. The van der Waals surface area contributed by atoms with Crippen molar-refractivity contribution in [3.05, 3.63) is 65.7 Å². The van der Waals surface area contributed by atoms with Gasteiger partial charge in [-0.25, -0.2) is 14.8 Å². The lowest BCUT2D eigenvalue weighted by Gasteiger charge is -2.51. The van der Waals surface area contributed by atoms with Gasteiger partial charge in [0.15, 0.2) is 11.7 Å². The first-order valence-corrected chi connectivity index (χ1v) is 13.6. The number of aliphatic hydroxyl groups is 1. The van der Waals surface area contributed by atoms with Crippen molar-refractivity contribution >= 4 is 48.3 Å². The van der Waals surface area contributed by atoms with Gasteiger partial charge in [-0.1, -0.05) is 63.2 Å². The lowest BCUT2D eigenvalue weighted by atomic mass is 9.91. The number of carbonyl (C=O) groups is 2. The topological polar surface area (TPSA) is 106 Å². The fraction of sp³-hybridized carbons (Fsp3) is 0.483. The Morgan fingerprint density at radius 1 is 0.975 bits per heavy atom. The molecule has 2 unspecified atom stereocenters. The third kappa shape index (κ3) is 6.38. The van der Waals surface area contributed by atoms with Gasteiger partial charge in [-0.15, -0.1) is 24.8 Å². The van der Waals surface area contributed by atoms with Crippen molar-refractivity contribution in [2.45, 2.75) is 58.2 Å². The Labute approximate surface area is 249 Å². The molecule has 9 nitrogen and oxygen atoms in total. The fourth-order valence-electron chi connectivity index (χ4n) is 5.61. The van der Waals surface area contributed by atoms with Gasteiger partial charge in [0.25, 0.3) is 5.91 Å². The van der Waals surface area contributed by atoms with Crippen LogP contribution in [-0.2, 0) is 17.6 Å². The molecule has 0 radical (unpaired) electrons. The number of halogens is 2. The van der Waals surface area contributed by atoms with Crippen LogP contribution in [-0.4, -0.2) is 87.2 Å². The van der Waals surface area contributed by atoms with Gasteiger partial charge < -0.3 is 10.8 Å². The Hall–Kier alpha value is -2.85. The summed E-state index contributed by atoms with van der Waals surface area (Å²) in [5.41, 5.74) is 7.65. The summed E-state index contributed by atoms with van der Waals surface area (Å²) in [5, 5.41) is 13.8. The third-order valence-corrected chi connectivity index (χ3v) is 7.50. The van der Waals surface area contributed by atoms with Crippen LogP contribution in [0.15, 0.2) is 59.6 Å². The molecule has 0 aromatic heterocycles. The molecule has 2 aliphatic rings. The van der Waals surface area contributed by atoms with Crippen LogP contribution in [0.5, 0.6) is 0 Å². The number of nitrogens with two attached hydrogens (primary N) is 1. The smallest absolute Gasteiger partial charge is 0.328 e. The number of imide groups is 1. The van der Waals surface area contributed by atoms with E-state index < -0.39 is 11.7 Å². The first-order valence-electron chi connectivity index (χ1n) is 13.6. The lowest BCUT2D eigenvalue weighted by molar-refractivity contribution is -0.151. The maximum atomic E-state index is 14.1. The van der Waals surface area contributed by atoms with Crippen LogP contribution in [0.2, 0.25) is 0 Å². The summed E-state index contributed by atoms with van der Waals surface area (Å²) in [6.07, 6.45) is 2.29. The highest BCUT2D eigenvalue weighted by Crippen LogP contribution is 2.41. The van der Waals surface area contributed by atoms with Gasteiger partial charge in [0.05, 0.1) is 6.61 Å². The average molecular weight is 594 g/mol. The van der Waals surface area contributed by atoms with E-state index in [1.54, 1.807) is 0 Å². The number of hydrazine groups is 1. The standard InChI is InChI=1S/C29H40N6O3.2ClH/c1-4-17-33-27(37)26-29(5-2,34(28(33)38)18-16-22-12-14-24(30)15-13-22)31-25(21-23-10-8-7-9-11-23)35(26)32(6-3)19-20-36;;/h7-15,26,36H,4-6,16-21,30H2,1-3H3;2*1H. The molecule has 2 atom stereocenters. The number of likely N-dealkylation sites (N-methyl/N-ethyl adjacent to an activating group) is 1. The number of carbonyl (C=O) groups excluding carboxylic acids is 2. The molecule has 4 rings (SSSR count). The molecule has 220 valence electrons. The maximum absolute atomic E-state index is 14.1. The number of hydrogen-bond donors (Lipinski definition) is 2. The van der Waals surface area contributed by atoms with Crippen LogP contribution in [0, 0.1) is 0 Å². The number of aliphatic imine (C=N–C) groups is 1. The van der Waals surface area contributed by atoms with Crippen molar-refractivity contribution in [1.29, 1.82) is 0 Å². The van der Waals surface area contributed by atoms with Crippen molar-refractivity contribution < 1.29 is 14.7 Å². The minimum atomic E-state index is -1.04. The first kappa shape index (κ1) is 33.4. The molecule has 2 aliphatic heterocycles. The second-order valence-electron chi connectivity index (χ2n) is 9.86. The maximum Gasteiger partial charge on any atom is 0.328 e. The summed E-state index contributed by atoms with van der Waals surface area (Å²) >= 11 is 0. The predicted molar refractivity (Wildman–Crippen MR) is 164 cm³/mol. The highest BCUT2D eigenvalue weighted by Gasteiger charge is 2.62. The molecule has 2 heterocycles. The van der Waals surface area contributed by atoms with Crippen LogP contribution in [0.1, 0.15) is 44.7 Å². The van der Waals surface area contributed by atoms with E-state index in [-0.39, 0.29) is 43.4 Å². The molecule has 1 fully saturated rings. The quantitative estimate of drug-likeness (QED) is 0.361. The number of rotatable bonds is 12. The van der Waals surface area contributed by atoms with Crippen LogP contribution in [0.25, 0.3) is 0 Å². The summed E-state index contributed by atoms with van der Waals surface area (Å²) in [7, 11) is 0. The van der Waals surface area contributed by atoms with Crippen LogP contribution >= 0.6 is 24.8 Å². The summed E-state index contributed by atoms with van der Waals surface area (Å²) in [4.78, 5) is 36.5. The Morgan fingerprint density at radius 3 is 2.23 bits per heavy atom. The van der Waals surface area contributed by atoms with Gasteiger partial charge in [-0.3, -0.25) is 19.6 Å². The van der Waals surface area contributed by atoms with Gasteiger partial charge in [0.2, 0.25) is 0 Å². The highest BCUT2D eigenvalue weighted by atomic mass is 35.5. The average Bonchev–Trinajstić information content (AvgIpc) is 3.26. The van der Waals surface area contributed by atoms with E-state index in [4.69, 9.17) is 10.7 Å². The number of fused-ring (bicyclic) bond motifs is 1. The highest BCUT2D eigenvalue weighted by molar-refractivity contribution is 6.05. The molecular weight excluding hydrogens is 551 g/mol. The summed E-state index contributed by atoms with van der Waals surface area (Å²) in [6, 6.07) is 16.7. The normalized spacial score (nSPS) is 20.3. The number of amides is 3. The van der Waals surface area contributed by atoms with Gasteiger partial charge in [-0.2, -0.15) is 0 Å². The summed E-state index contributed by atoms with van der Waals surface area (Å²) < 4.78 is 0. The van der Waals surface area contributed by atoms with Crippen LogP contribution in [0.4, 0.5) is 10.5 Å². The van der Waals surface area contributed by atoms with E-state index in [2.05, 4.69) is 0 Å². The monoisotopic (exact) mass is 592 g/mol. The molecule has 0 saturated carbocycles. The molecule has 11 heteroatoms. The van der Waals surface area contributed by atoms with Gasteiger partial charge in [0, 0.05) is 38.3 Å². The molecule has 3 amide bonds. The van der Waals surface area contributed by atoms with E-state index in [1.807, 2.05) is 90.3 Å². The molecule has 3 N–H and O–H groups in total. The largest absolute Gasteiger partial charge is 0.399 e. The molecule has 0 spiro atoms. The lowest BCUT2D eigenvalue weighted by Crippen LogP contribution is -2.74. The second kappa shape index (κ2) is 14.7. The number of urea groups is 1. The molecular formula is C29H42Cl2N6O3. The van der Waals surface area contributed by atoms with E-state index >= 15 is 0 Å². The minimum Gasteiger partial charge on any atom is -0.399 e. The van der Waals surface area contributed by atoms with E-state index in [1.165, 1.54) is 4.90 Å². The summed E-state index contributed by atoms with van der Waals surface area (Å²) in [6.45, 7) is 7.63. The van der Waals surface area contributed by atoms with Crippen molar-refractivity contribution in [1.82, 2.24) is 19.8 Å². The number of amidine groups is 1. The third-order valence-electron chi connectivity index (χ3n) is 7.50. The summed E-state index contributed by atoms with van der Waals surface area (Å²) in [5.74, 6) is 0.501. The Bertz CT molecular complexity index is 1150. The number of nitrogen functional groups attached to an aromatic ring is 1. The minimum absolute atomic E-state index is 0. The molecule has 2 aromatic rings. The van der Waals surface area contributed by atoms with Gasteiger partial charge in [-0.05, 0) is 42.5 Å². The van der Waals surface area contributed by atoms with Crippen molar-refractivity contribution in [3.63, 3.8) is 0 Å². The van der Waals surface area contributed by atoms with E-state index in [0.717, 1.165) is 17.0 Å². The predicted octanol–water partition coefficient (Wildman–Crippen LogP) is 3.99. The number of benzene rings is 2. The van der Waals surface area contributed by atoms with Gasteiger partial charge >= 0.3 is 6.03 Å².